The van der Waals surface area contributed by atoms with E-state index in [2.05, 4.69) is 20.0 Å². The predicted octanol–water partition coefficient (Wildman–Crippen LogP) is 3.96. The number of nitrogens with zero attached hydrogens (tertiary/aromatic N) is 1. The predicted molar refractivity (Wildman–Crippen MR) is 109 cm³/mol. The normalized spacial score (nSPS) is 10.8. The Morgan fingerprint density at radius 3 is 2.50 bits per heavy atom. The molecule has 30 heavy (non-hydrogen) atoms. The van der Waals surface area contributed by atoms with E-state index in [4.69, 9.17) is 0 Å². The number of imide groups is 1. The second kappa shape index (κ2) is 10.0. The van der Waals surface area contributed by atoms with E-state index in [1.165, 1.54) is 36.0 Å². The highest BCUT2D eigenvalue weighted by Gasteiger charge is 2.14. The maximum atomic E-state index is 12.2. The zero-order valence-corrected chi connectivity index (χ0v) is 16.8. The van der Waals surface area contributed by atoms with Crippen molar-refractivity contribution in [2.24, 2.45) is 0 Å². The lowest BCUT2D eigenvalue weighted by Crippen LogP contribution is -2.31. The van der Waals surface area contributed by atoms with Crippen LogP contribution in [0.25, 0.3) is 0 Å². The van der Waals surface area contributed by atoms with Gasteiger partial charge in [0.1, 0.15) is 5.75 Å². The van der Waals surface area contributed by atoms with Gasteiger partial charge in [0, 0.05) is 17.7 Å². The van der Waals surface area contributed by atoms with E-state index in [9.17, 15) is 18.4 Å². The number of nitrogens with one attached hydrogen (secondary N) is 2. The summed E-state index contributed by atoms with van der Waals surface area (Å²) < 4.78 is 28.5. The molecule has 0 spiro atoms. The molecule has 3 aromatic rings. The van der Waals surface area contributed by atoms with Crippen molar-refractivity contribution < 1.29 is 23.1 Å². The fourth-order valence-electron chi connectivity index (χ4n) is 2.65. The summed E-state index contributed by atoms with van der Waals surface area (Å²) in [4.78, 5) is 31.8. The van der Waals surface area contributed by atoms with Crippen molar-refractivity contribution in [3.8, 4) is 5.75 Å². The summed E-state index contributed by atoms with van der Waals surface area (Å²) in [6.45, 7) is -1.03. The van der Waals surface area contributed by atoms with Crippen molar-refractivity contribution in [1.82, 2.24) is 15.3 Å². The first-order chi connectivity index (χ1) is 14.4. The van der Waals surface area contributed by atoms with Crippen LogP contribution in [0.4, 0.5) is 8.78 Å². The summed E-state index contributed by atoms with van der Waals surface area (Å²) in [5.41, 5.74) is 3.11. The second-order valence-electron chi connectivity index (χ2n) is 6.34. The van der Waals surface area contributed by atoms with Gasteiger partial charge in [-0.05, 0) is 36.8 Å². The van der Waals surface area contributed by atoms with Crippen molar-refractivity contribution >= 4 is 23.6 Å². The molecule has 0 aliphatic heterocycles. The second-order valence-corrected chi connectivity index (χ2v) is 7.31. The summed E-state index contributed by atoms with van der Waals surface area (Å²) in [6, 6.07) is 15.0. The first-order valence-electron chi connectivity index (χ1n) is 9.02. The third-order valence-corrected chi connectivity index (χ3v) is 4.99. The van der Waals surface area contributed by atoms with Crippen LogP contribution in [0.5, 0.6) is 5.75 Å². The number of carbonyl (C=O) groups is 2. The Labute approximate surface area is 176 Å². The van der Waals surface area contributed by atoms with Gasteiger partial charge >= 0.3 is 6.61 Å². The van der Waals surface area contributed by atoms with Crippen molar-refractivity contribution in [3.05, 3.63) is 77.1 Å². The lowest BCUT2D eigenvalue weighted by molar-refractivity contribution is -0.117. The fourth-order valence-corrected chi connectivity index (χ4v) is 3.39. The van der Waals surface area contributed by atoms with Crippen LogP contribution < -0.4 is 10.1 Å². The molecule has 0 fully saturated rings. The molecular weight excluding hydrogens is 412 g/mol. The van der Waals surface area contributed by atoms with Gasteiger partial charge in [-0.3, -0.25) is 14.9 Å². The maximum Gasteiger partial charge on any atom is 0.387 e. The van der Waals surface area contributed by atoms with E-state index in [1.54, 1.807) is 0 Å². The van der Waals surface area contributed by atoms with Gasteiger partial charge in [-0.25, -0.2) is 4.98 Å². The fraction of sp³-hybridized carbons (Fsp3) is 0.190. The molecule has 9 heteroatoms. The Balaban J connectivity index is 1.51. The van der Waals surface area contributed by atoms with Crippen LogP contribution in [0.15, 0.2) is 59.8 Å². The zero-order chi connectivity index (χ0) is 21.5. The molecule has 6 nitrogen and oxygen atoms in total. The quantitative estimate of drug-likeness (QED) is 0.528. The number of H-pyrrole nitrogens is 1. The third-order valence-electron chi connectivity index (χ3n) is 4.11. The van der Waals surface area contributed by atoms with Crippen molar-refractivity contribution in [1.29, 1.82) is 0 Å². The number of alkyl halides is 2. The lowest BCUT2D eigenvalue weighted by atomic mass is 10.1. The number of ether oxygens (including phenoxy) is 1. The molecule has 0 saturated heterocycles. The highest BCUT2D eigenvalue weighted by atomic mass is 32.2. The summed E-state index contributed by atoms with van der Waals surface area (Å²) in [6.07, 6.45) is 0.680. The molecule has 3 rings (SSSR count). The van der Waals surface area contributed by atoms with Crippen LogP contribution in [0.3, 0.4) is 0 Å². The Morgan fingerprint density at radius 1 is 1.13 bits per heavy atom. The smallest absolute Gasteiger partial charge is 0.387 e. The van der Waals surface area contributed by atoms with E-state index in [-0.39, 0.29) is 17.1 Å². The number of aromatic nitrogens is 2. The summed E-state index contributed by atoms with van der Waals surface area (Å²) in [5.74, 6) is -1.18. The zero-order valence-electron chi connectivity index (χ0n) is 16.0. The number of amides is 2. The number of imidazole rings is 1. The summed E-state index contributed by atoms with van der Waals surface area (Å²) in [7, 11) is 0. The number of rotatable bonds is 8. The molecule has 2 aromatic carbocycles. The summed E-state index contributed by atoms with van der Waals surface area (Å²) in [5, 5.41) is 2.85. The topological polar surface area (TPSA) is 84.1 Å². The molecule has 0 atom stereocenters. The monoisotopic (exact) mass is 431 g/mol. The van der Waals surface area contributed by atoms with Crippen LogP contribution in [0.2, 0.25) is 0 Å². The number of hydrogen-bond acceptors (Lipinski definition) is 5. The largest absolute Gasteiger partial charge is 0.435 e. The van der Waals surface area contributed by atoms with Gasteiger partial charge in [-0.1, -0.05) is 42.1 Å². The molecule has 0 aliphatic carbocycles. The number of halogens is 2. The molecular formula is C21H19F2N3O3S. The number of benzene rings is 2. The van der Waals surface area contributed by atoms with Crippen LogP contribution in [0.1, 0.15) is 27.3 Å². The van der Waals surface area contributed by atoms with Crippen LogP contribution >= 0.6 is 11.8 Å². The van der Waals surface area contributed by atoms with Gasteiger partial charge in [-0.15, -0.1) is 0 Å². The standard InChI is InChI=1S/C21H19F2N3O3S/c1-13-17(11-14-5-3-2-4-6-14)25-21(24-13)30-12-18(27)26-19(28)15-7-9-16(10-8-15)29-20(22)23/h2-10,20H,11-12H2,1H3,(H,24,25)(H,26,27,28). The van der Waals surface area contributed by atoms with Gasteiger partial charge in [0.2, 0.25) is 5.91 Å². The van der Waals surface area contributed by atoms with Crippen molar-refractivity contribution in [3.63, 3.8) is 0 Å². The minimum atomic E-state index is -2.94. The molecule has 0 aliphatic rings. The van der Waals surface area contributed by atoms with E-state index >= 15 is 0 Å². The number of carbonyl (C=O) groups excluding carboxylic acids is 2. The molecule has 2 amide bonds. The van der Waals surface area contributed by atoms with Crippen LogP contribution in [-0.4, -0.2) is 34.1 Å². The number of hydrogen-bond donors (Lipinski definition) is 2. The highest BCUT2D eigenvalue weighted by molar-refractivity contribution is 7.99. The molecule has 2 N–H and O–H groups in total. The van der Waals surface area contributed by atoms with E-state index in [0.29, 0.717) is 11.6 Å². The summed E-state index contributed by atoms with van der Waals surface area (Å²) >= 11 is 1.19. The molecule has 0 radical (unpaired) electrons. The van der Waals surface area contributed by atoms with Gasteiger partial charge < -0.3 is 9.72 Å². The van der Waals surface area contributed by atoms with Crippen LogP contribution in [-0.2, 0) is 11.2 Å². The Kier molecular flexibility index (Phi) is 7.18. The molecule has 0 bridgehead atoms. The van der Waals surface area contributed by atoms with Gasteiger partial charge in [0.25, 0.3) is 5.91 Å². The Bertz CT molecular complexity index is 1010. The molecule has 156 valence electrons. The Hall–Kier alpha value is -3.20. The van der Waals surface area contributed by atoms with Crippen LogP contribution in [0, 0.1) is 6.92 Å². The first kappa shape index (κ1) is 21.5. The average Bonchev–Trinajstić information content (AvgIpc) is 3.06. The van der Waals surface area contributed by atoms with E-state index in [0.717, 1.165) is 17.0 Å². The molecule has 1 heterocycles. The maximum absolute atomic E-state index is 12.2. The van der Waals surface area contributed by atoms with Gasteiger partial charge in [-0.2, -0.15) is 8.78 Å². The average molecular weight is 431 g/mol. The van der Waals surface area contributed by atoms with Gasteiger partial charge in [0.15, 0.2) is 5.16 Å². The number of thioether (sulfide) groups is 1. The number of aryl methyl sites for hydroxylation is 1. The molecule has 0 unspecified atom stereocenters. The molecule has 0 saturated carbocycles. The third kappa shape index (κ3) is 6.15. The lowest BCUT2D eigenvalue weighted by Gasteiger charge is -2.06. The minimum absolute atomic E-state index is 0.00392. The van der Waals surface area contributed by atoms with Crippen molar-refractivity contribution in [2.75, 3.05) is 5.75 Å². The highest BCUT2D eigenvalue weighted by Crippen LogP contribution is 2.19. The Morgan fingerprint density at radius 2 is 1.83 bits per heavy atom. The minimum Gasteiger partial charge on any atom is -0.435 e. The first-order valence-corrected chi connectivity index (χ1v) is 10.0. The SMILES string of the molecule is Cc1[nH]c(SCC(=O)NC(=O)c2ccc(OC(F)F)cc2)nc1Cc1ccccc1. The van der Waals surface area contributed by atoms with E-state index < -0.39 is 18.4 Å². The van der Waals surface area contributed by atoms with Gasteiger partial charge in [0.05, 0.1) is 11.4 Å². The van der Waals surface area contributed by atoms with Crippen molar-refractivity contribution in [2.45, 2.75) is 25.1 Å². The van der Waals surface area contributed by atoms with E-state index in [1.807, 2.05) is 37.3 Å². The molecule has 1 aromatic heterocycles. The number of aromatic amines is 1.